The van der Waals surface area contributed by atoms with Crippen LogP contribution >= 0.6 is 0 Å². The van der Waals surface area contributed by atoms with Crippen LogP contribution in [-0.4, -0.2) is 35.1 Å². The van der Waals surface area contributed by atoms with Gasteiger partial charge in [0, 0.05) is 6.07 Å². The number of nitrogens with zero attached hydrogens (tertiary/aromatic N) is 2. The number of ether oxygens (including phenoxy) is 1. The van der Waals surface area contributed by atoms with Crippen molar-refractivity contribution in [1.29, 1.82) is 0 Å². The summed E-state index contributed by atoms with van der Waals surface area (Å²) in [7, 11) is 0. The molecule has 1 aromatic carbocycles. The average Bonchev–Trinajstić information content (AvgIpc) is 2.83. The molecular formula is C16H18F3N3O2. The molecule has 0 unspecified atom stereocenters. The lowest BCUT2D eigenvalue weighted by Gasteiger charge is -2.10. The molecule has 0 aliphatic carbocycles. The summed E-state index contributed by atoms with van der Waals surface area (Å²) in [4.78, 5) is 11.8. The summed E-state index contributed by atoms with van der Waals surface area (Å²) in [6.45, 7) is 0.626. The molecule has 0 fully saturated rings. The Bertz CT molecular complexity index is 669. The molecule has 0 saturated carbocycles. The first-order valence-corrected chi connectivity index (χ1v) is 7.36. The second kappa shape index (κ2) is 7.96. The summed E-state index contributed by atoms with van der Waals surface area (Å²) in [5.41, 5.74) is 1.75. The molecule has 0 radical (unpaired) electrons. The van der Waals surface area contributed by atoms with Crippen LogP contribution in [0.5, 0.6) is 0 Å². The van der Waals surface area contributed by atoms with Gasteiger partial charge in [-0.25, -0.2) is 4.68 Å². The van der Waals surface area contributed by atoms with Crippen molar-refractivity contribution in [1.82, 2.24) is 9.78 Å². The maximum atomic E-state index is 12.0. The third-order valence-corrected chi connectivity index (χ3v) is 3.08. The molecule has 1 aromatic heterocycles. The summed E-state index contributed by atoms with van der Waals surface area (Å²) >= 11 is 0. The van der Waals surface area contributed by atoms with E-state index in [1.165, 1.54) is 0 Å². The SMILES string of the molecule is Cc1cc(NC(=O)CCOCC(F)(F)F)n(Cc2ccccc2)n1. The largest absolute Gasteiger partial charge is 0.411 e. The van der Waals surface area contributed by atoms with E-state index in [1.54, 1.807) is 17.7 Å². The van der Waals surface area contributed by atoms with Crippen LogP contribution in [0.25, 0.3) is 0 Å². The van der Waals surface area contributed by atoms with E-state index in [2.05, 4.69) is 15.2 Å². The molecule has 0 aliphatic heterocycles. The Morgan fingerprint density at radius 3 is 2.67 bits per heavy atom. The number of nitrogens with one attached hydrogen (secondary N) is 1. The van der Waals surface area contributed by atoms with E-state index in [0.29, 0.717) is 12.4 Å². The minimum atomic E-state index is -4.39. The zero-order valence-corrected chi connectivity index (χ0v) is 13.1. The van der Waals surface area contributed by atoms with E-state index in [1.807, 2.05) is 30.3 Å². The van der Waals surface area contributed by atoms with Crippen molar-refractivity contribution in [2.75, 3.05) is 18.5 Å². The Morgan fingerprint density at radius 1 is 1.29 bits per heavy atom. The number of anilines is 1. The van der Waals surface area contributed by atoms with Crippen LogP contribution in [0, 0.1) is 6.92 Å². The van der Waals surface area contributed by atoms with E-state index < -0.39 is 18.7 Å². The summed E-state index contributed by atoms with van der Waals surface area (Å²) in [6, 6.07) is 11.3. The van der Waals surface area contributed by atoms with Gasteiger partial charge in [0.05, 0.1) is 25.3 Å². The molecule has 0 spiro atoms. The number of amides is 1. The first-order valence-electron chi connectivity index (χ1n) is 7.36. The van der Waals surface area contributed by atoms with Gasteiger partial charge in [0.15, 0.2) is 0 Å². The quantitative estimate of drug-likeness (QED) is 0.787. The lowest BCUT2D eigenvalue weighted by molar-refractivity contribution is -0.174. The Labute approximate surface area is 137 Å². The third-order valence-electron chi connectivity index (χ3n) is 3.08. The van der Waals surface area contributed by atoms with Crippen molar-refractivity contribution < 1.29 is 22.7 Å². The lowest BCUT2D eigenvalue weighted by atomic mass is 10.2. The fourth-order valence-corrected chi connectivity index (χ4v) is 2.08. The molecule has 0 aliphatic rings. The fourth-order valence-electron chi connectivity index (χ4n) is 2.08. The predicted molar refractivity (Wildman–Crippen MR) is 82.6 cm³/mol. The van der Waals surface area contributed by atoms with E-state index in [4.69, 9.17) is 0 Å². The number of benzene rings is 1. The summed E-state index contributed by atoms with van der Waals surface area (Å²) < 4.78 is 41.9. The highest BCUT2D eigenvalue weighted by Crippen LogP contribution is 2.15. The molecule has 1 N–H and O–H groups in total. The molecule has 0 saturated heterocycles. The highest BCUT2D eigenvalue weighted by Gasteiger charge is 2.27. The van der Waals surface area contributed by atoms with Gasteiger partial charge in [0.1, 0.15) is 12.4 Å². The van der Waals surface area contributed by atoms with Gasteiger partial charge in [-0.15, -0.1) is 0 Å². The van der Waals surface area contributed by atoms with E-state index in [0.717, 1.165) is 11.3 Å². The molecule has 1 amide bonds. The topological polar surface area (TPSA) is 56.1 Å². The van der Waals surface area contributed by atoms with Crippen LogP contribution in [0.15, 0.2) is 36.4 Å². The van der Waals surface area contributed by atoms with Crippen LogP contribution in [0.2, 0.25) is 0 Å². The predicted octanol–water partition coefficient (Wildman–Crippen LogP) is 3.15. The molecule has 0 atom stereocenters. The Balaban J connectivity index is 1.89. The third kappa shape index (κ3) is 6.04. The highest BCUT2D eigenvalue weighted by molar-refractivity contribution is 5.89. The minimum Gasteiger partial charge on any atom is -0.372 e. The molecule has 5 nitrogen and oxygen atoms in total. The van der Waals surface area contributed by atoms with Crippen molar-refractivity contribution in [2.45, 2.75) is 26.1 Å². The molecule has 2 rings (SSSR count). The highest BCUT2D eigenvalue weighted by atomic mass is 19.4. The number of carbonyl (C=O) groups excluding carboxylic acids is 1. The molecular weight excluding hydrogens is 323 g/mol. The summed E-state index contributed by atoms with van der Waals surface area (Å²) in [6.07, 6.45) is -4.55. The lowest BCUT2D eigenvalue weighted by Crippen LogP contribution is -2.21. The number of carbonyl (C=O) groups is 1. The van der Waals surface area contributed by atoms with Crippen LogP contribution in [0.1, 0.15) is 17.7 Å². The number of hydrogen-bond donors (Lipinski definition) is 1. The van der Waals surface area contributed by atoms with E-state index >= 15 is 0 Å². The van der Waals surface area contributed by atoms with Crippen LogP contribution in [-0.2, 0) is 16.1 Å². The molecule has 1 heterocycles. The maximum absolute atomic E-state index is 12.0. The number of aryl methyl sites for hydroxylation is 1. The van der Waals surface area contributed by atoms with Crippen LogP contribution in [0.3, 0.4) is 0 Å². The maximum Gasteiger partial charge on any atom is 0.411 e. The van der Waals surface area contributed by atoms with Gasteiger partial charge in [-0.2, -0.15) is 18.3 Å². The van der Waals surface area contributed by atoms with Gasteiger partial charge >= 0.3 is 6.18 Å². The van der Waals surface area contributed by atoms with Crippen molar-refractivity contribution in [3.8, 4) is 0 Å². The Hall–Kier alpha value is -2.35. The summed E-state index contributed by atoms with van der Waals surface area (Å²) in [5, 5.41) is 6.96. The second-order valence-electron chi connectivity index (χ2n) is 5.28. The van der Waals surface area contributed by atoms with Crippen molar-refractivity contribution in [3.63, 3.8) is 0 Å². The summed E-state index contributed by atoms with van der Waals surface area (Å²) in [5.74, 6) is 0.0727. The van der Waals surface area contributed by atoms with Gasteiger partial charge in [0.2, 0.25) is 5.91 Å². The smallest absolute Gasteiger partial charge is 0.372 e. The number of hydrogen-bond acceptors (Lipinski definition) is 3. The van der Waals surface area contributed by atoms with E-state index in [9.17, 15) is 18.0 Å². The van der Waals surface area contributed by atoms with Crippen LogP contribution < -0.4 is 5.32 Å². The zero-order valence-electron chi connectivity index (χ0n) is 13.1. The number of rotatable bonds is 7. The minimum absolute atomic E-state index is 0.161. The monoisotopic (exact) mass is 341 g/mol. The van der Waals surface area contributed by atoms with Gasteiger partial charge < -0.3 is 10.1 Å². The van der Waals surface area contributed by atoms with Gasteiger partial charge in [-0.3, -0.25) is 4.79 Å². The van der Waals surface area contributed by atoms with Crippen LogP contribution in [0.4, 0.5) is 19.0 Å². The van der Waals surface area contributed by atoms with Gasteiger partial charge in [0.25, 0.3) is 0 Å². The number of alkyl halides is 3. The standard InChI is InChI=1S/C16H18F3N3O2/c1-12-9-14(20-15(23)7-8-24-11-16(17,18)19)22(21-12)10-13-5-3-2-4-6-13/h2-6,9H,7-8,10-11H2,1H3,(H,20,23). The van der Waals surface area contributed by atoms with Crippen molar-refractivity contribution in [3.05, 3.63) is 47.7 Å². The van der Waals surface area contributed by atoms with E-state index in [-0.39, 0.29) is 13.0 Å². The molecule has 8 heteroatoms. The molecule has 24 heavy (non-hydrogen) atoms. The van der Waals surface area contributed by atoms with Gasteiger partial charge in [-0.05, 0) is 12.5 Å². The molecule has 0 bridgehead atoms. The Morgan fingerprint density at radius 2 is 2.00 bits per heavy atom. The normalized spacial score (nSPS) is 11.5. The molecule has 130 valence electrons. The second-order valence-corrected chi connectivity index (χ2v) is 5.28. The first kappa shape index (κ1) is 18.0. The average molecular weight is 341 g/mol. The zero-order chi connectivity index (χ0) is 17.6. The van der Waals surface area contributed by atoms with Crippen molar-refractivity contribution in [2.24, 2.45) is 0 Å². The van der Waals surface area contributed by atoms with Gasteiger partial charge in [-0.1, -0.05) is 30.3 Å². The number of halogens is 3. The first-order chi connectivity index (χ1) is 11.3. The molecule has 2 aromatic rings. The fraction of sp³-hybridized carbons (Fsp3) is 0.375. The van der Waals surface area contributed by atoms with Crippen molar-refractivity contribution >= 4 is 11.7 Å². The Kier molecular flexibility index (Phi) is 5.97. The number of aromatic nitrogens is 2.